The highest BCUT2D eigenvalue weighted by Crippen LogP contribution is 2.30. The van der Waals surface area contributed by atoms with Crippen LogP contribution in [0.1, 0.15) is 28.8 Å². The van der Waals surface area contributed by atoms with E-state index < -0.39 is 10.0 Å². The van der Waals surface area contributed by atoms with E-state index in [1.165, 1.54) is 12.1 Å². The third kappa shape index (κ3) is 4.57. The zero-order valence-corrected chi connectivity index (χ0v) is 14.6. The van der Waals surface area contributed by atoms with Gasteiger partial charge in [-0.3, -0.25) is 9.52 Å². The van der Waals surface area contributed by atoms with Crippen LogP contribution < -0.4 is 4.72 Å². The normalized spacial score (nSPS) is 14.2. The van der Waals surface area contributed by atoms with Crippen molar-refractivity contribution in [1.82, 2.24) is 4.90 Å². The summed E-state index contributed by atoms with van der Waals surface area (Å²) in [5, 5.41) is 0. The number of nitrogens with one attached hydrogen (secondary N) is 1. The molecule has 1 fully saturated rings. The number of hydrogen-bond acceptors (Lipinski definition) is 3. The van der Waals surface area contributed by atoms with Crippen LogP contribution in [0.25, 0.3) is 0 Å². The van der Waals surface area contributed by atoms with Crippen molar-refractivity contribution >= 4 is 21.6 Å². The molecule has 0 aromatic heterocycles. The van der Waals surface area contributed by atoms with Crippen LogP contribution in [0.15, 0.2) is 48.5 Å². The molecule has 1 N–H and O–H groups in total. The van der Waals surface area contributed by atoms with Crippen LogP contribution in [-0.2, 0) is 16.6 Å². The molecule has 0 atom stereocenters. The van der Waals surface area contributed by atoms with Crippen molar-refractivity contribution in [3.05, 3.63) is 65.5 Å². The van der Waals surface area contributed by atoms with Crippen LogP contribution in [0.4, 0.5) is 10.1 Å². The predicted molar refractivity (Wildman–Crippen MR) is 94.2 cm³/mol. The van der Waals surface area contributed by atoms with E-state index in [1.807, 2.05) is 0 Å². The number of nitrogens with zero attached hydrogens (tertiary/aromatic N) is 1. The Hall–Kier alpha value is -2.41. The van der Waals surface area contributed by atoms with Gasteiger partial charge in [-0.2, -0.15) is 0 Å². The Bertz CT molecular complexity index is 895. The van der Waals surface area contributed by atoms with E-state index in [0.29, 0.717) is 16.8 Å². The third-order valence-electron chi connectivity index (χ3n) is 3.96. The molecule has 0 bridgehead atoms. The first-order valence-electron chi connectivity index (χ1n) is 7.96. The maximum Gasteiger partial charge on any atom is 0.254 e. The summed E-state index contributed by atoms with van der Waals surface area (Å²) in [4.78, 5) is 14.5. The molecule has 1 aliphatic rings. The molecule has 5 nitrogen and oxygen atoms in total. The van der Waals surface area contributed by atoms with Gasteiger partial charge in [0.1, 0.15) is 5.82 Å². The van der Waals surface area contributed by atoms with Crippen LogP contribution in [-0.4, -0.2) is 31.5 Å². The van der Waals surface area contributed by atoms with Crippen molar-refractivity contribution < 1.29 is 17.6 Å². The molecule has 132 valence electrons. The number of halogens is 1. The molecule has 25 heavy (non-hydrogen) atoms. The van der Waals surface area contributed by atoms with Gasteiger partial charge in [-0.1, -0.05) is 24.3 Å². The minimum atomic E-state index is -3.42. The van der Waals surface area contributed by atoms with Crippen LogP contribution in [0.2, 0.25) is 0 Å². The van der Waals surface area contributed by atoms with Crippen molar-refractivity contribution in [3.8, 4) is 0 Å². The standard InChI is InChI=1S/C18H19FN2O3S/c1-25(23,24)20-15-7-4-6-13(11-15)18(22)21(16-9-10-16)12-14-5-2-3-8-17(14)19/h2-8,11,16,20H,9-10,12H2,1H3. The minimum absolute atomic E-state index is 0.0960. The first-order chi connectivity index (χ1) is 11.8. The van der Waals surface area contributed by atoms with Crippen molar-refractivity contribution in [1.29, 1.82) is 0 Å². The van der Waals surface area contributed by atoms with Gasteiger partial charge in [-0.25, -0.2) is 12.8 Å². The molecule has 0 saturated heterocycles. The molecule has 2 aromatic rings. The summed E-state index contributed by atoms with van der Waals surface area (Å²) in [7, 11) is -3.42. The second-order valence-electron chi connectivity index (χ2n) is 6.21. The fourth-order valence-corrected chi connectivity index (χ4v) is 3.21. The zero-order chi connectivity index (χ0) is 18.0. The summed E-state index contributed by atoms with van der Waals surface area (Å²) >= 11 is 0. The fourth-order valence-electron chi connectivity index (χ4n) is 2.66. The van der Waals surface area contributed by atoms with Gasteiger partial charge in [-0.15, -0.1) is 0 Å². The van der Waals surface area contributed by atoms with Gasteiger partial charge in [-0.05, 0) is 37.1 Å². The van der Waals surface area contributed by atoms with Crippen LogP contribution in [0, 0.1) is 5.82 Å². The van der Waals surface area contributed by atoms with E-state index in [4.69, 9.17) is 0 Å². The third-order valence-corrected chi connectivity index (χ3v) is 4.57. The topological polar surface area (TPSA) is 66.5 Å². The smallest absolute Gasteiger partial charge is 0.254 e. The number of carbonyl (C=O) groups excluding carboxylic acids is 1. The molecule has 3 rings (SSSR count). The molecule has 0 heterocycles. The molecular weight excluding hydrogens is 343 g/mol. The van der Waals surface area contributed by atoms with Crippen LogP contribution in [0.5, 0.6) is 0 Å². The number of carbonyl (C=O) groups is 1. The van der Waals surface area contributed by atoms with Crippen LogP contribution in [0.3, 0.4) is 0 Å². The average molecular weight is 362 g/mol. The van der Waals surface area contributed by atoms with E-state index in [-0.39, 0.29) is 24.3 Å². The molecule has 0 unspecified atom stereocenters. The highest BCUT2D eigenvalue weighted by molar-refractivity contribution is 7.92. The van der Waals surface area contributed by atoms with E-state index >= 15 is 0 Å². The monoisotopic (exact) mass is 362 g/mol. The van der Waals surface area contributed by atoms with Crippen molar-refractivity contribution in [3.63, 3.8) is 0 Å². The molecule has 0 radical (unpaired) electrons. The number of rotatable bonds is 6. The van der Waals surface area contributed by atoms with E-state index in [2.05, 4.69) is 4.72 Å². The lowest BCUT2D eigenvalue weighted by Gasteiger charge is -2.23. The second kappa shape index (κ2) is 6.84. The van der Waals surface area contributed by atoms with Crippen LogP contribution >= 0.6 is 0 Å². The summed E-state index contributed by atoms with van der Waals surface area (Å²) in [5.74, 6) is -0.573. The van der Waals surface area contributed by atoms with E-state index in [9.17, 15) is 17.6 Å². The Morgan fingerprint density at radius 3 is 2.56 bits per heavy atom. The lowest BCUT2D eigenvalue weighted by atomic mass is 10.1. The zero-order valence-electron chi connectivity index (χ0n) is 13.8. The Kier molecular flexibility index (Phi) is 4.76. The predicted octanol–water partition coefficient (Wildman–Crippen LogP) is 3.00. The van der Waals surface area contributed by atoms with Crippen molar-refractivity contribution in [2.45, 2.75) is 25.4 Å². The molecule has 1 amide bonds. The quantitative estimate of drug-likeness (QED) is 0.859. The maximum absolute atomic E-state index is 13.9. The van der Waals surface area contributed by atoms with E-state index in [0.717, 1.165) is 19.1 Å². The highest BCUT2D eigenvalue weighted by atomic mass is 32.2. The largest absolute Gasteiger partial charge is 0.331 e. The summed E-state index contributed by atoms with van der Waals surface area (Å²) in [6.45, 7) is 0.194. The Balaban J connectivity index is 1.84. The number of anilines is 1. The molecule has 1 aliphatic carbocycles. The molecule has 0 aliphatic heterocycles. The van der Waals surface area contributed by atoms with Gasteiger partial charge in [0.05, 0.1) is 6.26 Å². The number of benzene rings is 2. The molecule has 0 spiro atoms. The molecule has 7 heteroatoms. The average Bonchev–Trinajstić information content (AvgIpc) is 3.37. The number of hydrogen-bond donors (Lipinski definition) is 1. The summed E-state index contributed by atoms with van der Waals surface area (Å²) in [6.07, 6.45) is 2.83. The van der Waals surface area contributed by atoms with Gasteiger partial charge >= 0.3 is 0 Å². The first-order valence-corrected chi connectivity index (χ1v) is 9.85. The van der Waals surface area contributed by atoms with E-state index in [1.54, 1.807) is 41.3 Å². The van der Waals surface area contributed by atoms with Crippen molar-refractivity contribution in [2.24, 2.45) is 0 Å². The summed E-state index contributed by atoms with van der Waals surface area (Å²) in [5.41, 5.74) is 1.17. The van der Waals surface area contributed by atoms with Gasteiger partial charge < -0.3 is 4.90 Å². The molecule has 2 aromatic carbocycles. The Labute approximate surface area is 146 Å². The van der Waals surface area contributed by atoms with Gasteiger partial charge in [0.15, 0.2) is 0 Å². The molecular formula is C18H19FN2O3S. The lowest BCUT2D eigenvalue weighted by Crippen LogP contribution is -2.33. The summed E-state index contributed by atoms with van der Waals surface area (Å²) in [6, 6.07) is 12.8. The Morgan fingerprint density at radius 1 is 1.20 bits per heavy atom. The van der Waals surface area contributed by atoms with Gasteiger partial charge in [0.25, 0.3) is 5.91 Å². The molecule has 1 saturated carbocycles. The summed E-state index contributed by atoms with van der Waals surface area (Å²) < 4.78 is 39.0. The van der Waals surface area contributed by atoms with Gasteiger partial charge in [0, 0.05) is 29.4 Å². The minimum Gasteiger partial charge on any atom is -0.331 e. The highest BCUT2D eigenvalue weighted by Gasteiger charge is 2.33. The SMILES string of the molecule is CS(=O)(=O)Nc1cccc(C(=O)N(Cc2ccccc2F)C2CC2)c1. The van der Waals surface area contributed by atoms with Gasteiger partial charge in [0.2, 0.25) is 10.0 Å². The number of sulfonamides is 1. The fraction of sp³-hybridized carbons (Fsp3) is 0.278. The lowest BCUT2D eigenvalue weighted by molar-refractivity contribution is 0.0728. The maximum atomic E-state index is 13.9. The van der Waals surface area contributed by atoms with Crippen molar-refractivity contribution in [2.75, 3.05) is 11.0 Å². The second-order valence-corrected chi connectivity index (χ2v) is 7.96. The number of amides is 1. The Morgan fingerprint density at radius 2 is 1.92 bits per heavy atom. The first kappa shape index (κ1) is 17.4.